The molecule has 1 N–H and O–H groups in total. The van der Waals surface area contributed by atoms with Crippen LogP contribution in [0.5, 0.6) is 0 Å². The number of carboxylic acid groups (broad SMARTS) is 1. The fraction of sp³-hybridized carbons (Fsp3) is 0.667. The summed E-state index contributed by atoms with van der Waals surface area (Å²) >= 11 is 0. The molecular weight excluding hydrogens is 140 g/mol. The van der Waals surface area contributed by atoms with E-state index in [1.807, 2.05) is 6.08 Å². The van der Waals surface area contributed by atoms with Gasteiger partial charge in [-0.1, -0.05) is 18.9 Å². The summed E-state index contributed by atoms with van der Waals surface area (Å²) in [6.45, 7) is 3.57. The van der Waals surface area contributed by atoms with E-state index < -0.39 is 12.3 Å². The highest BCUT2D eigenvalue weighted by Crippen LogP contribution is 2.04. The Balaban J connectivity index is 3.52. The Hall–Kier alpha value is -0.790. The molecule has 0 aliphatic rings. The number of unbranched alkanes of at least 4 members (excludes halogenated alkanes) is 3. The lowest BCUT2D eigenvalue weighted by Gasteiger charge is -1.95. The second kappa shape index (κ2) is 7.32. The molecule has 0 aromatic carbocycles. The van der Waals surface area contributed by atoms with Crippen molar-refractivity contribution in [3.05, 3.63) is 12.7 Å². The maximum atomic E-state index is 10.3. The minimum atomic E-state index is -2.06. The van der Waals surface area contributed by atoms with Gasteiger partial charge in [-0.15, -0.1) is 6.58 Å². The lowest BCUT2D eigenvalue weighted by Crippen LogP contribution is -1.93. The maximum Gasteiger partial charge on any atom is 0.303 e. The highest BCUT2D eigenvalue weighted by Gasteiger charge is 1.94. The molecule has 0 saturated heterocycles. The number of carbonyl (C=O) groups is 1. The summed E-state index contributed by atoms with van der Waals surface area (Å²) in [5, 5.41) is 8.45. The molecule has 0 radical (unpaired) electrons. The predicted octanol–water partition coefficient (Wildman–Crippen LogP) is 2.60. The predicted molar refractivity (Wildman–Crippen MR) is 45.5 cm³/mol. The Bertz CT molecular complexity index is 178. The molecular formula is C9H16O2. The van der Waals surface area contributed by atoms with Crippen molar-refractivity contribution in [2.45, 2.75) is 38.5 Å². The lowest BCUT2D eigenvalue weighted by atomic mass is 10.1. The third kappa shape index (κ3) is 9.21. The zero-order valence-corrected chi connectivity index (χ0v) is 6.68. The molecule has 0 aromatic heterocycles. The van der Waals surface area contributed by atoms with Crippen molar-refractivity contribution in [2.24, 2.45) is 0 Å². The number of hydrogen-bond acceptors (Lipinski definition) is 1. The van der Waals surface area contributed by atoms with E-state index in [1.165, 1.54) is 0 Å². The number of rotatable bonds is 7. The topological polar surface area (TPSA) is 37.3 Å². The van der Waals surface area contributed by atoms with Crippen LogP contribution in [0.3, 0.4) is 0 Å². The number of hydrogen-bond donors (Lipinski definition) is 1. The van der Waals surface area contributed by atoms with Gasteiger partial charge in [-0.25, -0.2) is 0 Å². The molecule has 0 aliphatic carbocycles. The minimum absolute atomic E-state index is 0.0967. The van der Waals surface area contributed by atoms with Crippen LogP contribution in [0.25, 0.3) is 0 Å². The van der Waals surface area contributed by atoms with Crippen LogP contribution in [0.2, 0.25) is 0 Å². The van der Waals surface area contributed by atoms with Crippen LogP contribution in [0, 0.1) is 0 Å². The average Bonchev–Trinajstić information content (AvgIpc) is 2.03. The van der Waals surface area contributed by atoms with Crippen molar-refractivity contribution in [3.63, 3.8) is 0 Å². The lowest BCUT2D eigenvalue weighted by molar-refractivity contribution is -0.137. The van der Waals surface area contributed by atoms with Gasteiger partial charge in [0.15, 0.2) is 0 Å². The van der Waals surface area contributed by atoms with Crippen molar-refractivity contribution in [1.29, 1.82) is 0 Å². The van der Waals surface area contributed by atoms with Crippen LogP contribution < -0.4 is 0 Å². The number of aliphatic carboxylic acids is 1. The smallest absolute Gasteiger partial charge is 0.303 e. The molecule has 0 heterocycles. The first-order valence-electron chi connectivity index (χ1n) is 4.85. The monoisotopic (exact) mass is 158 g/mol. The maximum absolute atomic E-state index is 10.3. The number of allylic oxidation sites excluding steroid dienone is 1. The van der Waals surface area contributed by atoms with Gasteiger partial charge in [0.25, 0.3) is 0 Å². The van der Waals surface area contributed by atoms with Gasteiger partial charge < -0.3 is 5.11 Å². The molecule has 2 nitrogen and oxygen atoms in total. The van der Waals surface area contributed by atoms with E-state index in [0.717, 1.165) is 19.3 Å². The Kier molecular flexibility index (Phi) is 4.59. The molecule has 0 rings (SSSR count). The summed E-state index contributed by atoms with van der Waals surface area (Å²) in [4.78, 5) is 10.3. The highest BCUT2D eigenvalue weighted by atomic mass is 16.4. The largest absolute Gasteiger partial charge is 0.481 e. The quantitative estimate of drug-likeness (QED) is 0.456. The van der Waals surface area contributed by atoms with E-state index in [9.17, 15) is 4.79 Å². The summed E-state index contributed by atoms with van der Waals surface area (Å²) in [6, 6.07) is 0. The third-order valence-electron chi connectivity index (χ3n) is 1.36. The minimum Gasteiger partial charge on any atom is -0.481 e. The standard InChI is InChI=1S/C9H16O2/c1-2-3-4-5-6-7-8-9(10)11/h2H,1,3-8H2,(H,10,11)/i8D2. The molecule has 0 bridgehead atoms. The van der Waals surface area contributed by atoms with Crippen LogP contribution in [0.15, 0.2) is 12.7 Å². The molecule has 2 heteroatoms. The van der Waals surface area contributed by atoms with Crippen molar-refractivity contribution in [1.82, 2.24) is 0 Å². The first kappa shape index (κ1) is 6.89. The van der Waals surface area contributed by atoms with Gasteiger partial charge in [0.2, 0.25) is 0 Å². The van der Waals surface area contributed by atoms with Crippen LogP contribution in [0.4, 0.5) is 0 Å². The van der Waals surface area contributed by atoms with Crippen molar-refractivity contribution < 1.29 is 12.6 Å². The molecule has 0 saturated carbocycles. The van der Waals surface area contributed by atoms with Gasteiger partial charge >= 0.3 is 5.97 Å². The molecule has 0 aliphatic heterocycles. The summed E-state index contributed by atoms with van der Waals surface area (Å²) in [5.41, 5.74) is 0. The zero-order valence-electron chi connectivity index (χ0n) is 8.68. The van der Waals surface area contributed by atoms with E-state index in [2.05, 4.69) is 6.58 Å². The summed E-state index contributed by atoms with van der Waals surface area (Å²) in [5.74, 6) is -1.36. The van der Waals surface area contributed by atoms with Gasteiger partial charge in [0, 0.05) is 9.11 Å². The molecule has 11 heavy (non-hydrogen) atoms. The highest BCUT2D eigenvalue weighted by molar-refractivity contribution is 5.66. The van der Waals surface area contributed by atoms with E-state index in [1.54, 1.807) is 0 Å². The van der Waals surface area contributed by atoms with Crippen molar-refractivity contribution in [3.8, 4) is 0 Å². The van der Waals surface area contributed by atoms with Gasteiger partial charge in [0.1, 0.15) is 0 Å². The van der Waals surface area contributed by atoms with E-state index in [4.69, 9.17) is 7.85 Å². The Morgan fingerprint density at radius 2 is 2.09 bits per heavy atom. The second-order valence-electron chi connectivity index (χ2n) is 2.37. The van der Waals surface area contributed by atoms with E-state index in [0.29, 0.717) is 6.42 Å². The van der Waals surface area contributed by atoms with Gasteiger partial charge in [-0.05, 0) is 19.3 Å². The first-order valence-corrected chi connectivity index (χ1v) is 3.85. The zero-order chi connectivity index (χ0) is 10.3. The van der Waals surface area contributed by atoms with Crippen LogP contribution in [-0.2, 0) is 4.79 Å². The summed E-state index contributed by atoms with van der Waals surface area (Å²) in [7, 11) is 0. The third-order valence-corrected chi connectivity index (χ3v) is 1.36. The Labute approximate surface area is 70.7 Å². The molecule has 0 fully saturated rings. The Morgan fingerprint density at radius 1 is 1.45 bits per heavy atom. The normalized spacial score (nSPS) is 13.5. The molecule has 0 unspecified atom stereocenters. The second-order valence-corrected chi connectivity index (χ2v) is 2.37. The van der Waals surface area contributed by atoms with Crippen LogP contribution >= 0.6 is 0 Å². The summed E-state index contributed by atoms with van der Waals surface area (Å²) < 4.78 is 14.2. The Morgan fingerprint density at radius 3 is 2.64 bits per heavy atom. The van der Waals surface area contributed by atoms with Crippen LogP contribution in [0.1, 0.15) is 41.2 Å². The summed E-state index contributed by atoms with van der Waals surface area (Å²) in [6.07, 6.45) is 3.20. The molecule has 0 atom stereocenters. The van der Waals surface area contributed by atoms with Crippen LogP contribution in [-0.4, -0.2) is 11.1 Å². The van der Waals surface area contributed by atoms with Gasteiger partial charge in [-0.2, -0.15) is 0 Å². The SMILES string of the molecule is [2H]C([2H])(CCCCCC=C)C(=O)O. The fourth-order valence-electron chi connectivity index (χ4n) is 0.786. The fourth-order valence-corrected chi connectivity index (χ4v) is 0.786. The number of carboxylic acids is 1. The average molecular weight is 158 g/mol. The molecule has 0 amide bonds. The van der Waals surface area contributed by atoms with Crippen molar-refractivity contribution in [2.75, 3.05) is 0 Å². The van der Waals surface area contributed by atoms with Gasteiger partial charge in [-0.3, -0.25) is 4.79 Å². The van der Waals surface area contributed by atoms with Gasteiger partial charge in [0.05, 0.1) is 0 Å². The van der Waals surface area contributed by atoms with Crippen molar-refractivity contribution >= 4 is 5.97 Å². The molecule has 0 aromatic rings. The molecule has 0 spiro atoms. The van der Waals surface area contributed by atoms with E-state index >= 15 is 0 Å². The molecule has 64 valence electrons. The van der Waals surface area contributed by atoms with E-state index in [-0.39, 0.29) is 6.42 Å². The first-order chi connectivity index (χ1) is 6.00.